The van der Waals surface area contributed by atoms with Gasteiger partial charge in [0.15, 0.2) is 5.11 Å². The van der Waals surface area contributed by atoms with E-state index in [4.69, 9.17) is 17.0 Å². The zero-order valence-corrected chi connectivity index (χ0v) is 15.9. The second kappa shape index (κ2) is 8.01. The van der Waals surface area contributed by atoms with Gasteiger partial charge < -0.3 is 15.4 Å². The van der Waals surface area contributed by atoms with E-state index in [1.807, 2.05) is 41.2 Å². The summed E-state index contributed by atoms with van der Waals surface area (Å²) in [5, 5.41) is 11.3. The van der Waals surface area contributed by atoms with Gasteiger partial charge in [0.05, 0.1) is 25.5 Å². The van der Waals surface area contributed by atoms with Crippen LogP contribution in [0.2, 0.25) is 0 Å². The predicted molar refractivity (Wildman–Crippen MR) is 110 cm³/mol. The SMILES string of the molecule is COc1cccc(Cn2cc(NC(=S)Nc3ccc(C)cc3C)cn2)c1. The van der Waals surface area contributed by atoms with Gasteiger partial charge in [0.2, 0.25) is 0 Å². The van der Waals surface area contributed by atoms with E-state index >= 15 is 0 Å². The third-order valence-corrected chi connectivity index (χ3v) is 4.20. The van der Waals surface area contributed by atoms with Gasteiger partial charge in [-0.3, -0.25) is 4.68 Å². The van der Waals surface area contributed by atoms with Crippen molar-refractivity contribution >= 4 is 28.7 Å². The molecule has 3 aromatic rings. The Labute approximate surface area is 159 Å². The Morgan fingerprint density at radius 1 is 1.15 bits per heavy atom. The summed E-state index contributed by atoms with van der Waals surface area (Å²) in [5.74, 6) is 0.840. The van der Waals surface area contributed by atoms with Crippen molar-refractivity contribution in [2.24, 2.45) is 0 Å². The predicted octanol–water partition coefficient (Wildman–Crippen LogP) is 4.37. The molecule has 0 aliphatic heterocycles. The van der Waals surface area contributed by atoms with Gasteiger partial charge in [-0.05, 0) is 55.4 Å². The highest BCUT2D eigenvalue weighted by Crippen LogP contribution is 2.17. The minimum Gasteiger partial charge on any atom is -0.497 e. The Morgan fingerprint density at radius 2 is 2.00 bits per heavy atom. The standard InChI is InChI=1S/C20H22N4OS/c1-14-7-8-19(15(2)9-14)23-20(26)22-17-11-21-24(13-17)12-16-5-4-6-18(10-16)25-3/h4-11,13H,12H2,1-3H3,(H2,22,23,26). The summed E-state index contributed by atoms with van der Waals surface area (Å²) in [4.78, 5) is 0. The summed E-state index contributed by atoms with van der Waals surface area (Å²) in [5.41, 5.74) is 5.34. The van der Waals surface area contributed by atoms with Crippen molar-refractivity contribution in [2.75, 3.05) is 17.7 Å². The number of aryl methyl sites for hydroxylation is 2. The van der Waals surface area contributed by atoms with Crippen molar-refractivity contribution in [1.29, 1.82) is 0 Å². The van der Waals surface area contributed by atoms with E-state index in [9.17, 15) is 0 Å². The molecule has 0 saturated carbocycles. The molecule has 0 atom stereocenters. The molecule has 0 amide bonds. The molecule has 6 heteroatoms. The van der Waals surface area contributed by atoms with Crippen LogP contribution in [0.15, 0.2) is 54.9 Å². The van der Waals surface area contributed by atoms with E-state index in [0.717, 1.165) is 28.3 Å². The molecule has 0 aliphatic carbocycles. The monoisotopic (exact) mass is 366 g/mol. The van der Waals surface area contributed by atoms with Crippen LogP contribution in [0.4, 0.5) is 11.4 Å². The molecule has 0 radical (unpaired) electrons. The molecule has 1 heterocycles. The molecule has 3 rings (SSSR count). The maximum absolute atomic E-state index is 5.41. The fourth-order valence-corrected chi connectivity index (χ4v) is 2.94. The Hall–Kier alpha value is -2.86. The van der Waals surface area contributed by atoms with E-state index in [1.165, 1.54) is 5.56 Å². The van der Waals surface area contributed by atoms with Gasteiger partial charge in [-0.2, -0.15) is 5.10 Å². The lowest BCUT2D eigenvalue weighted by atomic mass is 10.1. The van der Waals surface area contributed by atoms with Gasteiger partial charge in [-0.15, -0.1) is 0 Å². The number of hydrogen-bond donors (Lipinski definition) is 2. The van der Waals surface area contributed by atoms with Crippen LogP contribution in [0.3, 0.4) is 0 Å². The first-order valence-corrected chi connectivity index (χ1v) is 8.75. The number of ether oxygens (including phenoxy) is 1. The van der Waals surface area contributed by atoms with Gasteiger partial charge in [0.25, 0.3) is 0 Å². The number of methoxy groups -OCH3 is 1. The number of benzene rings is 2. The lowest BCUT2D eigenvalue weighted by Gasteiger charge is -2.11. The van der Waals surface area contributed by atoms with Crippen LogP contribution in [-0.4, -0.2) is 22.0 Å². The molecule has 26 heavy (non-hydrogen) atoms. The molecule has 1 aromatic heterocycles. The normalized spacial score (nSPS) is 10.4. The minimum atomic E-state index is 0.540. The molecular weight excluding hydrogens is 344 g/mol. The number of anilines is 2. The van der Waals surface area contributed by atoms with Gasteiger partial charge >= 0.3 is 0 Å². The lowest BCUT2D eigenvalue weighted by Crippen LogP contribution is -2.19. The molecular formula is C20H22N4OS. The van der Waals surface area contributed by atoms with Crippen LogP contribution in [0.1, 0.15) is 16.7 Å². The number of rotatable bonds is 5. The number of aromatic nitrogens is 2. The molecule has 0 spiro atoms. The average molecular weight is 366 g/mol. The number of thiocarbonyl (C=S) groups is 1. The van der Waals surface area contributed by atoms with Gasteiger partial charge in [-0.25, -0.2) is 0 Å². The molecule has 0 aliphatic rings. The lowest BCUT2D eigenvalue weighted by molar-refractivity contribution is 0.414. The first kappa shape index (κ1) is 17.9. The maximum Gasteiger partial charge on any atom is 0.175 e. The first-order chi connectivity index (χ1) is 12.5. The summed E-state index contributed by atoms with van der Waals surface area (Å²) in [6, 6.07) is 14.2. The molecule has 134 valence electrons. The van der Waals surface area contributed by atoms with Crippen LogP contribution < -0.4 is 15.4 Å². The van der Waals surface area contributed by atoms with Crippen LogP contribution in [0.5, 0.6) is 5.75 Å². The highest BCUT2D eigenvalue weighted by atomic mass is 32.1. The third kappa shape index (κ3) is 4.61. The van der Waals surface area contributed by atoms with E-state index in [1.54, 1.807) is 13.3 Å². The van der Waals surface area contributed by atoms with Crippen molar-refractivity contribution in [2.45, 2.75) is 20.4 Å². The van der Waals surface area contributed by atoms with Gasteiger partial charge in [0.1, 0.15) is 5.75 Å². The summed E-state index contributed by atoms with van der Waals surface area (Å²) in [6.07, 6.45) is 3.69. The van der Waals surface area contributed by atoms with Crippen LogP contribution >= 0.6 is 12.2 Å². The third-order valence-electron chi connectivity index (χ3n) is 4.00. The second-order valence-electron chi connectivity index (χ2n) is 6.18. The summed E-state index contributed by atoms with van der Waals surface area (Å²) in [6.45, 7) is 4.80. The van der Waals surface area contributed by atoms with Gasteiger partial charge in [-0.1, -0.05) is 29.8 Å². The molecule has 2 N–H and O–H groups in total. The highest BCUT2D eigenvalue weighted by Gasteiger charge is 2.05. The van der Waals surface area contributed by atoms with Crippen LogP contribution in [0, 0.1) is 13.8 Å². The Balaban J connectivity index is 1.61. The van der Waals surface area contributed by atoms with Crippen molar-refractivity contribution in [3.05, 3.63) is 71.5 Å². The number of nitrogens with one attached hydrogen (secondary N) is 2. The second-order valence-corrected chi connectivity index (χ2v) is 6.58. The van der Waals surface area contributed by atoms with E-state index < -0.39 is 0 Å². The summed E-state index contributed by atoms with van der Waals surface area (Å²) < 4.78 is 7.11. The molecule has 5 nitrogen and oxygen atoms in total. The fraction of sp³-hybridized carbons (Fsp3) is 0.200. The number of hydrogen-bond acceptors (Lipinski definition) is 3. The first-order valence-electron chi connectivity index (χ1n) is 8.34. The molecule has 2 aromatic carbocycles. The molecule has 0 fully saturated rings. The topological polar surface area (TPSA) is 51.1 Å². The highest BCUT2D eigenvalue weighted by molar-refractivity contribution is 7.80. The largest absolute Gasteiger partial charge is 0.497 e. The molecule has 0 bridgehead atoms. The number of nitrogens with zero attached hydrogens (tertiary/aromatic N) is 2. The van der Waals surface area contributed by atoms with E-state index in [0.29, 0.717) is 11.7 Å². The molecule has 0 unspecified atom stereocenters. The zero-order valence-electron chi connectivity index (χ0n) is 15.1. The minimum absolute atomic E-state index is 0.540. The molecule has 0 saturated heterocycles. The smallest absolute Gasteiger partial charge is 0.175 e. The van der Waals surface area contributed by atoms with Gasteiger partial charge in [0, 0.05) is 11.9 Å². The van der Waals surface area contributed by atoms with Crippen molar-refractivity contribution < 1.29 is 4.74 Å². The average Bonchev–Trinajstić information content (AvgIpc) is 3.04. The van der Waals surface area contributed by atoms with Crippen molar-refractivity contribution in [1.82, 2.24) is 9.78 Å². The summed E-state index contributed by atoms with van der Waals surface area (Å²) >= 11 is 5.41. The Bertz CT molecular complexity index is 920. The maximum atomic E-state index is 5.41. The van der Waals surface area contributed by atoms with E-state index in [-0.39, 0.29) is 0 Å². The Morgan fingerprint density at radius 3 is 2.77 bits per heavy atom. The van der Waals surface area contributed by atoms with Crippen molar-refractivity contribution in [3.8, 4) is 5.75 Å². The fourth-order valence-electron chi connectivity index (χ4n) is 2.71. The van der Waals surface area contributed by atoms with Crippen molar-refractivity contribution in [3.63, 3.8) is 0 Å². The summed E-state index contributed by atoms with van der Waals surface area (Å²) in [7, 11) is 1.67. The zero-order chi connectivity index (χ0) is 18.5. The quantitative estimate of drug-likeness (QED) is 0.657. The Kier molecular flexibility index (Phi) is 5.53. The van der Waals surface area contributed by atoms with Crippen LogP contribution in [-0.2, 0) is 6.54 Å². The van der Waals surface area contributed by atoms with E-state index in [2.05, 4.69) is 41.7 Å². The van der Waals surface area contributed by atoms with Crippen LogP contribution in [0.25, 0.3) is 0 Å².